The van der Waals surface area contributed by atoms with Crippen LogP contribution in [0.5, 0.6) is 0 Å². The summed E-state index contributed by atoms with van der Waals surface area (Å²) in [6.07, 6.45) is 1.73. The van der Waals surface area contributed by atoms with E-state index in [9.17, 15) is 14.7 Å². The third-order valence-electron chi connectivity index (χ3n) is 4.62. The summed E-state index contributed by atoms with van der Waals surface area (Å²) in [5.74, 6) is -0.405. The standard InChI is InChI=1S/C18H25ClN2O4/c1-3-16(23)20-15-10-13(19)4-5-14(15)17(24)21(2)11-18(12-22)6-8-25-9-7-18/h4-5,10,22H,3,6-9,11-12H2,1-2H3,(H,20,23). The first kappa shape index (κ1) is 19.7. The quantitative estimate of drug-likeness (QED) is 0.808. The monoisotopic (exact) mass is 368 g/mol. The molecule has 6 nitrogen and oxygen atoms in total. The lowest BCUT2D eigenvalue weighted by molar-refractivity contribution is -0.115. The van der Waals surface area contributed by atoms with Crippen LogP contribution in [0.25, 0.3) is 0 Å². The maximum absolute atomic E-state index is 12.9. The van der Waals surface area contributed by atoms with Gasteiger partial charge in [0.15, 0.2) is 0 Å². The number of aliphatic hydroxyl groups excluding tert-OH is 1. The van der Waals surface area contributed by atoms with Gasteiger partial charge in [-0.2, -0.15) is 0 Å². The molecule has 1 fully saturated rings. The van der Waals surface area contributed by atoms with Crippen molar-refractivity contribution in [3.8, 4) is 0 Å². The van der Waals surface area contributed by atoms with E-state index in [4.69, 9.17) is 16.3 Å². The third kappa shape index (κ3) is 4.93. The van der Waals surface area contributed by atoms with E-state index in [2.05, 4.69) is 5.32 Å². The maximum Gasteiger partial charge on any atom is 0.255 e. The van der Waals surface area contributed by atoms with Gasteiger partial charge in [-0.15, -0.1) is 0 Å². The Morgan fingerprint density at radius 3 is 2.64 bits per heavy atom. The fourth-order valence-corrected chi connectivity index (χ4v) is 3.17. The Bertz CT molecular complexity index is 630. The van der Waals surface area contributed by atoms with Crippen LogP contribution in [0.1, 0.15) is 36.5 Å². The number of anilines is 1. The molecule has 1 heterocycles. The first-order valence-electron chi connectivity index (χ1n) is 8.44. The van der Waals surface area contributed by atoms with Gasteiger partial charge in [0.25, 0.3) is 5.91 Å². The summed E-state index contributed by atoms with van der Waals surface area (Å²) < 4.78 is 5.36. The van der Waals surface area contributed by atoms with Crippen molar-refractivity contribution in [1.29, 1.82) is 0 Å². The highest BCUT2D eigenvalue weighted by Gasteiger charge is 2.34. The highest BCUT2D eigenvalue weighted by atomic mass is 35.5. The maximum atomic E-state index is 12.9. The smallest absolute Gasteiger partial charge is 0.255 e. The van der Waals surface area contributed by atoms with Crippen LogP contribution in [-0.2, 0) is 9.53 Å². The molecule has 1 aromatic rings. The molecule has 0 radical (unpaired) electrons. The van der Waals surface area contributed by atoms with Gasteiger partial charge in [0.2, 0.25) is 5.91 Å². The molecule has 1 aliphatic heterocycles. The lowest BCUT2D eigenvalue weighted by Gasteiger charge is -2.38. The summed E-state index contributed by atoms with van der Waals surface area (Å²) in [6.45, 7) is 3.34. The number of rotatable bonds is 6. The fourth-order valence-electron chi connectivity index (χ4n) is 3.00. The average Bonchev–Trinajstić information content (AvgIpc) is 2.62. The topological polar surface area (TPSA) is 78.9 Å². The van der Waals surface area contributed by atoms with E-state index in [-0.39, 0.29) is 23.8 Å². The van der Waals surface area contributed by atoms with Gasteiger partial charge in [-0.3, -0.25) is 9.59 Å². The lowest BCUT2D eigenvalue weighted by Crippen LogP contribution is -2.44. The molecule has 0 atom stereocenters. The van der Waals surface area contributed by atoms with Crippen molar-refractivity contribution in [3.05, 3.63) is 28.8 Å². The van der Waals surface area contributed by atoms with E-state index in [0.29, 0.717) is 55.3 Å². The number of carbonyl (C=O) groups is 2. The van der Waals surface area contributed by atoms with Gasteiger partial charge in [-0.05, 0) is 31.0 Å². The van der Waals surface area contributed by atoms with E-state index in [1.54, 1.807) is 37.1 Å². The number of amides is 2. The highest BCUT2D eigenvalue weighted by Crippen LogP contribution is 2.31. The largest absolute Gasteiger partial charge is 0.396 e. The molecule has 25 heavy (non-hydrogen) atoms. The molecule has 0 aliphatic carbocycles. The van der Waals surface area contributed by atoms with Crippen LogP contribution in [0.3, 0.4) is 0 Å². The Morgan fingerprint density at radius 1 is 1.36 bits per heavy atom. The molecule has 1 saturated heterocycles. The Balaban J connectivity index is 2.19. The van der Waals surface area contributed by atoms with E-state index in [0.717, 1.165) is 0 Å². The molecule has 7 heteroatoms. The van der Waals surface area contributed by atoms with Crippen molar-refractivity contribution in [2.45, 2.75) is 26.2 Å². The van der Waals surface area contributed by atoms with Gasteiger partial charge in [0, 0.05) is 43.7 Å². The van der Waals surface area contributed by atoms with Crippen LogP contribution in [0.2, 0.25) is 5.02 Å². The van der Waals surface area contributed by atoms with Crippen LogP contribution in [0.15, 0.2) is 18.2 Å². The molecule has 0 saturated carbocycles. The molecule has 0 aromatic heterocycles. The number of carbonyl (C=O) groups excluding carboxylic acids is 2. The van der Waals surface area contributed by atoms with E-state index >= 15 is 0 Å². The summed E-state index contributed by atoms with van der Waals surface area (Å²) in [6, 6.07) is 4.81. The summed E-state index contributed by atoms with van der Waals surface area (Å²) in [5.41, 5.74) is 0.442. The number of halogens is 1. The van der Waals surface area contributed by atoms with E-state index < -0.39 is 0 Å². The molecule has 0 spiro atoms. The second-order valence-corrected chi connectivity index (χ2v) is 6.96. The second-order valence-electron chi connectivity index (χ2n) is 6.52. The average molecular weight is 369 g/mol. The van der Waals surface area contributed by atoms with Crippen LogP contribution < -0.4 is 5.32 Å². The van der Waals surface area contributed by atoms with Crippen molar-refractivity contribution in [1.82, 2.24) is 4.90 Å². The number of ether oxygens (including phenoxy) is 1. The molecular formula is C18H25ClN2O4. The van der Waals surface area contributed by atoms with Crippen LogP contribution in [0, 0.1) is 5.41 Å². The van der Waals surface area contributed by atoms with Gasteiger partial charge >= 0.3 is 0 Å². The van der Waals surface area contributed by atoms with Gasteiger partial charge in [0.05, 0.1) is 17.9 Å². The zero-order valence-electron chi connectivity index (χ0n) is 14.7. The van der Waals surface area contributed by atoms with Gasteiger partial charge < -0.3 is 20.1 Å². The number of hydrogen-bond donors (Lipinski definition) is 2. The summed E-state index contributed by atoms with van der Waals surface area (Å²) in [5, 5.41) is 13.0. The molecule has 138 valence electrons. The molecule has 1 aromatic carbocycles. The second kappa shape index (κ2) is 8.65. The Kier molecular flexibility index (Phi) is 6.81. The van der Waals surface area contributed by atoms with Gasteiger partial charge in [0.1, 0.15) is 0 Å². The fraction of sp³-hybridized carbons (Fsp3) is 0.556. The molecule has 1 aliphatic rings. The van der Waals surface area contributed by atoms with Crippen molar-refractivity contribution in [2.24, 2.45) is 5.41 Å². The van der Waals surface area contributed by atoms with Crippen molar-refractivity contribution >= 4 is 29.1 Å². The number of nitrogens with one attached hydrogen (secondary N) is 1. The lowest BCUT2D eigenvalue weighted by atomic mass is 9.80. The molecular weight excluding hydrogens is 344 g/mol. The van der Waals surface area contributed by atoms with E-state index in [1.807, 2.05) is 0 Å². The summed E-state index contributed by atoms with van der Waals surface area (Å²) >= 11 is 6.00. The molecule has 2 N–H and O–H groups in total. The number of hydrogen-bond acceptors (Lipinski definition) is 4. The normalized spacial score (nSPS) is 16.3. The molecule has 0 unspecified atom stereocenters. The molecule has 2 amide bonds. The first-order valence-corrected chi connectivity index (χ1v) is 8.82. The predicted octanol–water partition coefficient (Wildman–Crippen LogP) is 2.55. The van der Waals surface area contributed by atoms with Crippen LogP contribution in [-0.4, -0.2) is 55.2 Å². The number of nitrogens with zero attached hydrogens (tertiary/aromatic N) is 1. The summed E-state index contributed by atoms with van der Waals surface area (Å²) in [4.78, 5) is 26.2. The molecule has 2 rings (SSSR count). The number of aliphatic hydroxyl groups is 1. The zero-order valence-corrected chi connectivity index (χ0v) is 15.4. The Hall–Kier alpha value is -1.63. The van der Waals surface area contributed by atoms with Crippen molar-refractivity contribution in [2.75, 3.05) is 38.7 Å². The Labute approximate surface area is 153 Å². The minimum Gasteiger partial charge on any atom is -0.396 e. The first-order chi connectivity index (χ1) is 11.9. The van der Waals surface area contributed by atoms with Crippen LogP contribution >= 0.6 is 11.6 Å². The Morgan fingerprint density at radius 2 is 2.04 bits per heavy atom. The zero-order chi connectivity index (χ0) is 18.4. The summed E-state index contributed by atoms with van der Waals surface area (Å²) in [7, 11) is 1.70. The highest BCUT2D eigenvalue weighted by molar-refractivity contribution is 6.31. The van der Waals surface area contributed by atoms with Crippen LogP contribution in [0.4, 0.5) is 5.69 Å². The van der Waals surface area contributed by atoms with Gasteiger partial charge in [-0.1, -0.05) is 18.5 Å². The van der Waals surface area contributed by atoms with Gasteiger partial charge in [-0.25, -0.2) is 0 Å². The van der Waals surface area contributed by atoms with E-state index in [1.165, 1.54) is 0 Å². The van der Waals surface area contributed by atoms with Crippen molar-refractivity contribution < 1.29 is 19.4 Å². The minimum absolute atomic E-state index is 0.00796. The predicted molar refractivity (Wildman–Crippen MR) is 96.9 cm³/mol. The third-order valence-corrected chi connectivity index (χ3v) is 4.85. The minimum atomic E-state index is -0.345. The molecule has 0 bridgehead atoms. The number of benzene rings is 1. The van der Waals surface area contributed by atoms with Crippen molar-refractivity contribution in [3.63, 3.8) is 0 Å². The SMILES string of the molecule is CCC(=O)Nc1cc(Cl)ccc1C(=O)N(C)CC1(CO)CCOCC1.